The summed E-state index contributed by atoms with van der Waals surface area (Å²) in [5.74, 6) is -0.226. The second-order valence-corrected chi connectivity index (χ2v) is 16.9. The Balaban J connectivity index is 1.52. The fourth-order valence-corrected chi connectivity index (χ4v) is 10.0. The average molecular weight is 868 g/mol. The van der Waals surface area contributed by atoms with Crippen molar-refractivity contribution in [2.24, 2.45) is 22.9 Å². The number of unbranched alkanes of at least 4 members (excludes halogenated alkanes) is 2. The van der Waals surface area contributed by atoms with Crippen LogP contribution in [0.25, 0.3) is 0 Å². The Labute approximate surface area is 370 Å². The average Bonchev–Trinajstić information content (AvgIpc) is 3.30. The van der Waals surface area contributed by atoms with Crippen LogP contribution < -0.4 is 9.47 Å². The molecule has 1 fully saturated rings. The van der Waals surface area contributed by atoms with Crippen LogP contribution in [0.2, 0.25) is 0 Å². The van der Waals surface area contributed by atoms with Crippen LogP contribution in [0, 0.1) is 29.1 Å². The molecule has 3 N–H and O–H groups in total. The summed E-state index contributed by atoms with van der Waals surface area (Å²) in [5, 5.41) is 43.7. The highest BCUT2D eigenvalue weighted by atomic mass is 32.2. The summed E-state index contributed by atoms with van der Waals surface area (Å²) in [5.41, 5.74) is 3.41. The molecule has 2 aliphatic carbocycles. The number of benzene rings is 3. The zero-order valence-electron chi connectivity index (χ0n) is 35.7. The van der Waals surface area contributed by atoms with E-state index in [4.69, 9.17) is 28.9 Å². The molecule has 6 atom stereocenters. The Bertz CT molecular complexity index is 2010. The van der Waals surface area contributed by atoms with Crippen LogP contribution in [-0.2, 0) is 14.3 Å². The number of aliphatic hydroxyl groups excluding tert-OH is 3. The SMILES string of the molecule is C=CCO[C@@]12Oc3ccc(OCCSc4ccccc4)cc3[C@H]3[C@H](CCCCO)[C@@H](CCCCO)C=C(C(=NOCC)C[C@@H]1N(CCOCCO)C(=O)c1ccc(C#N)cc1)[C@H]32. The molecule has 0 spiro atoms. The first kappa shape index (κ1) is 46.8. The summed E-state index contributed by atoms with van der Waals surface area (Å²) in [6.45, 7) is 7.23. The monoisotopic (exact) mass is 867 g/mol. The fourth-order valence-electron chi connectivity index (χ4n) is 9.30. The highest BCUT2D eigenvalue weighted by molar-refractivity contribution is 7.99. The van der Waals surface area contributed by atoms with Crippen molar-refractivity contribution in [3.8, 4) is 17.6 Å². The Morgan fingerprint density at radius 3 is 2.48 bits per heavy atom. The van der Waals surface area contributed by atoms with Crippen molar-refractivity contribution >= 4 is 23.4 Å². The summed E-state index contributed by atoms with van der Waals surface area (Å²) in [6, 6.07) is 24.1. The van der Waals surface area contributed by atoms with E-state index in [0.29, 0.717) is 48.6 Å². The Morgan fingerprint density at radius 1 is 1.00 bits per heavy atom. The highest BCUT2D eigenvalue weighted by Crippen LogP contribution is 2.62. The first-order chi connectivity index (χ1) is 30.4. The number of amides is 1. The van der Waals surface area contributed by atoms with E-state index in [-0.39, 0.29) is 76.3 Å². The van der Waals surface area contributed by atoms with Crippen molar-refractivity contribution in [2.45, 2.75) is 74.5 Å². The molecule has 0 aromatic heterocycles. The van der Waals surface area contributed by atoms with Gasteiger partial charge in [-0.1, -0.05) is 48.3 Å². The highest BCUT2D eigenvalue weighted by Gasteiger charge is 2.65. The Hall–Kier alpha value is -4.68. The second-order valence-electron chi connectivity index (χ2n) is 15.7. The molecule has 0 radical (unpaired) electrons. The molecule has 13 heteroatoms. The van der Waals surface area contributed by atoms with Crippen molar-refractivity contribution < 1.29 is 43.9 Å². The van der Waals surface area contributed by atoms with Crippen LogP contribution in [-0.4, -0.2) is 109 Å². The van der Waals surface area contributed by atoms with E-state index in [0.717, 1.165) is 48.3 Å². The summed E-state index contributed by atoms with van der Waals surface area (Å²) < 4.78 is 26.7. The van der Waals surface area contributed by atoms with Crippen LogP contribution in [0.3, 0.4) is 0 Å². The van der Waals surface area contributed by atoms with Crippen LogP contribution in [0.1, 0.15) is 79.3 Å². The topological polar surface area (TPSA) is 163 Å². The standard InChI is InChI=1S/C49H61N3O9S/c1-3-26-59-49-45(52(22-27-57-28-25-55)48(56)36-18-16-35(34-50)17-19-36)33-43(51-60-4-2)41-31-37(12-8-10-23-53)40(15-9-11-24-54)46(47(41)49)42-32-38(20-21-44(42)61-49)58-29-30-62-39-13-6-5-7-14-39/h3,5-7,13-14,16-21,31-32,37,40,45-47,53-55H,1,4,8-12,15,22-30,33H2,2H3/t37-,40+,45-,46+,47+,49+/m0/s1. The number of aliphatic hydroxyl groups is 3. The van der Waals surface area contributed by atoms with Gasteiger partial charge in [-0.2, -0.15) is 5.26 Å². The lowest BCUT2D eigenvalue weighted by atomic mass is 9.55. The summed E-state index contributed by atoms with van der Waals surface area (Å²) >= 11 is 1.73. The minimum absolute atomic E-state index is 0.0508. The van der Waals surface area contributed by atoms with Crippen molar-refractivity contribution in [3.05, 3.63) is 114 Å². The first-order valence-electron chi connectivity index (χ1n) is 21.9. The molecule has 6 rings (SSSR count). The van der Waals surface area contributed by atoms with Crippen molar-refractivity contribution in [1.29, 1.82) is 5.26 Å². The smallest absolute Gasteiger partial charge is 0.254 e. The van der Waals surface area contributed by atoms with E-state index < -0.39 is 17.7 Å². The van der Waals surface area contributed by atoms with E-state index in [1.54, 1.807) is 47.0 Å². The number of carbonyl (C=O) groups excluding carboxylic acids is 1. The molecule has 3 aliphatic rings. The van der Waals surface area contributed by atoms with Gasteiger partial charge in [0.1, 0.15) is 24.1 Å². The van der Waals surface area contributed by atoms with Crippen molar-refractivity contribution in [2.75, 3.05) is 65.2 Å². The third kappa shape index (κ3) is 11.1. The van der Waals surface area contributed by atoms with Crippen LogP contribution in [0.4, 0.5) is 0 Å². The number of oxime groups is 1. The number of rotatable bonds is 25. The van der Waals surface area contributed by atoms with E-state index in [2.05, 4.69) is 36.9 Å². The third-order valence-electron chi connectivity index (χ3n) is 11.9. The number of nitriles is 1. The van der Waals surface area contributed by atoms with E-state index in [1.807, 2.05) is 37.3 Å². The first-order valence-corrected chi connectivity index (χ1v) is 22.9. The molecule has 12 nitrogen and oxygen atoms in total. The van der Waals surface area contributed by atoms with Gasteiger partial charge in [0.15, 0.2) is 0 Å². The number of ether oxygens (including phenoxy) is 4. The Kier molecular flexibility index (Phi) is 17.9. The normalized spacial score (nSPS) is 23.0. The number of thioether (sulfide) groups is 1. The molecule has 332 valence electrons. The summed E-state index contributed by atoms with van der Waals surface area (Å²) in [6.07, 6.45) is 8.80. The van der Waals surface area contributed by atoms with Crippen molar-refractivity contribution in [3.63, 3.8) is 0 Å². The summed E-state index contributed by atoms with van der Waals surface area (Å²) in [7, 11) is 0. The number of carbonyl (C=O) groups is 1. The maximum atomic E-state index is 15.0. The number of fused-ring (bicyclic) bond motifs is 2. The quantitative estimate of drug-likeness (QED) is 0.0334. The van der Waals surface area contributed by atoms with Gasteiger partial charge in [0, 0.05) is 53.9 Å². The van der Waals surface area contributed by atoms with E-state index >= 15 is 0 Å². The van der Waals surface area contributed by atoms with Gasteiger partial charge in [-0.3, -0.25) is 4.79 Å². The van der Waals surface area contributed by atoms with Gasteiger partial charge >= 0.3 is 0 Å². The lowest BCUT2D eigenvalue weighted by Crippen LogP contribution is -2.70. The molecule has 0 saturated heterocycles. The number of nitrogens with zero attached hydrogens (tertiary/aromatic N) is 3. The lowest BCUT2D eigenvalue weighted by Gasteiger charge is -2.60. The van der Waals surface area contributed by atoms with E-state index in [1.165, 1.54) is 4.90 Å². The van der Waals surface area contributed by atoms with Gasteiger partial charge < -0.3 is 44.0 Å². The van der Waals surface area contributed by atoms with Crippen molar-refractivity contribution in [1.82, 2.24) is 4.90 Å². The zero-order chi connectivity index (χ0) is 43.7. The molecule has 3 aromatic rings. The second kappa shape index (κ2) is 23.7. The minimum Gasteiger partial charge on any atom is -0.493 e. The molecule has 1 aliphatic heterocycles. The molecule has 0 bridgehead atoms. The molecule has 1 saturated carbocycles. The van der Waals surface area contributed by atoms with Gasteiger partial charge in [-0.25, -0.2) is 0 Å². The molecule has 3 aromatic carbocycles. The predicted octanol–water partition coefficient (Wildman–Crippen LogP) is 7.53. The zero-order valence-corrected chi connectivity index (χ0v) is 36.6. The molecule has 1 amide bonds. The van der Waals surface area contributed by atoms with Crippen LogP contribution >= 0.6 is 11.8 Å². The Morgan fingerprint density at radius 2 is 1.77 bits per heavy atom. The maximum Gasteiger partial charge on any atom is 0.254 e. The fraction of sp³-hybridized carbons (Fsp3) is 0.490. The molecule has 1 heterocycles. The van der Waals surface area contributed by atoms with Gasteiger partial charge in [0.25, 0.3) is 5.91 Å². The number of hydrogen-bond donors (Lipinski definition) is 3. The maximum absolute atomic E-state index is 15.0. The minimum atomic E-state index is -1.46. The number of allylic oxidation sites excluding steroid dienone is 1. The van der Waals surface area contributed by atoms with Crippen LogP contribution in [0.15, 0.2) is 107 Å². The molecular formula is C49H61N3O9S. The van der Waals surface area contributed by atoms with E-state index in [9.17, 15) is 25.4 Å². The molecular weight excluding hydrogens is 807 g/mol. The van der Waals surface area contributed by atoms with Gasteiger partial charge in [0.05, 0.1) is 56.3 Å². The van der Waals surface area contributed by atoms with Gasteiger partial charge in [-0.15, -0.1) is 18.3 Å². The molecule has 0 unspecified atom stereocenters. The molecule has 62 heavy (non-hydrogen) atoms. The lowest BCUT2D eigenvalue weighted by molar-refractivity contribution is -0.254. The number of hydrogen-bond acceptors (Lipinski definition) is 12. The predicted molar refractivity (Wildman–Crippen MR) is 239 cm³/mol. The van der Waals surface area contributed by atoms with Crippen LogP contribution in [0.5, 0.6) is 11.5 Å². The largest absolute Gasteiger partial charge is 0.493 e. The third-order valence-corrected chi connectivity index (χ3v) is 12.9. The van der Waals surface area contributed by atoms with Gasteiger partial charge in [0.2, 0.25) is 5.79 Å². The van der Waals surface area contributed by atoms with Gasteiger partial charge in [-0.05, 0) is 105 Å². The summed E-state index contributed by atoms with van der Waals surface area (Å²) in [4.78, 5) is 23.7.